The van der Waals surface area contributed by atoms with E-state index in [1.807, 2.05) is 29.2 Å². The van der Waals surface area contributed by atoms with E-state index in [-0.39, 0.29) is 5.91 Å². The van der Waals surface area contributed by atoms with Gasteiger partial charge in [-0.05, 0) is 31.5 Å². The van der Waals surface area contributed by atoms with Crippen LogP contribution >= 0.6 is 11.8 Å². The van der Waals surface area contributed by atoms with Gasteiger partial charge in [-0.2, -0.15) is 0 Å². The molecule has 0 saturated carbocycles. The van der Waals surface area contributed by atoms with Gasteiger partial charge in [0, 0.05) is 37.4 Å². The van der Waals surface area contributed by atoms with E-state index in [4.69, 9.17) is 0 Å². The number of piperazine rings is 1. The Morgan fingerprint density at radius 3 is 2.52 bits per heavy atom. The number of rotatable bonds is 5. The van der Waals surface area contributed by atoms with Crippen molar-refractivity contribution >= 4 is 23.4 Å². The lowest BCUT2D eigenvalue weighted by atomic mass is 10.1. The molecule has 1 saturated heterocycles. The maximum atomic E-state index is 12.6. The van der Waals surface area contributed by atoms with Crippen molar-refractivity contribution < 1.29 is 4.79 Å². The topological polar surface area (TPSA) is 65.1 Å². The minimum Gasteiger partial charge on any atom is -0.368 e. The first-order valence-corrected chi connectivity index (χ1v) is 10.8. The Balaban J connectivity index is 1.28. The van der Waals surface area contributed by atoms with Crippen molar-refractivity contribution in [1.82, 2.24) is 20.1 Å². The number of H-pyrrole nitrogens is 1. The number of anilines is 1. The van der Waals surface area contributed by atoms with Gasteiger partial charge in [0.25, 0.3) is 0 Å². The van der Waals surface area contributed by atoms with E-state index in [0.717, 1.165) is 37.6 Å². The van der Waals surface area contributed by atoms with Gasteiger partial charge in [-0.3, -0.25) is 9.89 Å². The summed E-state index contributed by atoms with van der Waals surface area (Å²) in [6, 6.07) is 16.6. The zero-order valence-electron chi connectivity index (χ0n) is 16.8. The van der Waals surface area contributed by atoms with Crippen molar-refractivity contribution in [2.45, 2.75) is 19.0 Å². The van der Waals surface area contributed by atoms with E-state index in [9.17, 15) is 4.79 Å². The van der Waals surface area contributed by atoms with Crippen LogP contribution in [0.3, 0.4) is 0 Å². The van der Waals surface area contributed by atoms with Gasteiger partial charge in [-0.15, -0.1) is 5.10 Å². The third-order valence-electron chi connectivity index (χ3n) is 5.11. The highest BCUT2D eigenvalue weighted by atomic mass is 32.2. The lowest BCUT2D eigenvalue weighted by Crippen LogP contribution is -2.49. The molecule has 29 heavy (non-hydrogen) atoms. The van der Waals surface area contributed by atoms with Crippen LogP contribution in [0.4, 0.5) is 5.69 Å². The van der Waals surface area contributed by atoms with E-state index in [1.165, 1.54) is 28.6 Å². The van der Waals surface area contributed by atoms with Crippen LogP contribution in [0, 0.1) is 13.8 Å². The SMILES string of the molecule is Cc1ccc(-c2nc(SCC(=O)N3CCN(c4cccc(C)c4)CC3)n[nH]2)cc1. The van der Waals surface area contributed by atoms with E-state index < -0.39 is 0 Å². The Morgan fingerprint density at radius 1 is 1.03 bits per heavy atom. The van der Waals surface area contributed by atoms with Crippen molar-refractivity contribution in [3.8, 4) is 11.4 Å². The highest BCUT2D eigenvalue weighted by Gasteiger charge is 2.22. The summed E-state index contributed by atoms with van der Waals surface area (Å²) in [5.41, 5.74) is 4.69. The maximum Gasteiger partial charge on any atom is 0.233 e. The minimum absolute atomic E-state index is 0.139. The molecule has 2 aromatic carbocycles. The third kappa shape index (κ3) is 4.79. The van der Waals surface area contributed by atoms with Crippen molar-refractivity contribution in [2.75, 3.05) is 36.8 Å². The lowest BCUT2D eigenvalue weighted by Gasteiger charge is -2.36. The fourth-order valence-electron chi connectivity index (χ4n) is 3.41. The van der Waals surface area contributed by atoms with Gasteiger partial charge in [-0.1, -0.05) is 53.7 Å². The van der Waals surface area contributed by atoms with Crippen LogP contribution in [0.15, 0.2) is 53.7 Å². The third-order valence-corrected chi connectivity index (χ3v) is 5.95. The Hall–Kier alpha value is -2.80. The second-order valence-corrected chi connectivity index (χ2v) is 8.27. The van der Waals surface area contributed by atoms with Crippen LogP contribution in [-0.2, 0) is 4.79 Å². The number of aryl methyl sites for hydroxylation is 2. The number of carbonyl (C=O) groups is 1. The number of benzene rings is 2. The summed E-state index contributed by atoms with van der Waals surface area (Å²) in [5, 5.41) is 7.80. The van der Waals surface area contributed by atoms with Crippen LogP contribution in [-0.4, -0.2) is 57.9 Å². The average Bonchev–Trinajstić information content (AvgIpc) is 3.22. The second-order valence-electron chi connectivity index (χ2n) is 7.33. The molecule has 0 aliphatic carbocycles. The zero-order valence-corrected chi connectivity index (χ0v) is 17.6. The summed E-state index contributed by atoms with van der Waals surface area (Å²) in [5.74, 6) is 1.22. The van der Waals surface area contributed by atoms with Crippen molar-refractivity contribution in [3.63, 3.8) is 0 Å². The molecule has 0 spiro atoms. The number of hydrogen-bond donors (Lipinski definition) is 1. The molecule has 6 nitrogen and oxygen atoms in total. The van der Waals surface area contributed by atoms with E-state index in [0.29, 0.717) is 10.9 Å². The summed E-state index contributed by atoms with van der Waals surface area (Å²) in [4.78, 5) is 21.4. The summed E-state index contributed by atoms with van der Waals surface area (Å²) in [7, 11) is 0. The molecule has 3 aromatic rings. The standard InChI is InChI=1S/C22H25N5OS/c1-16-6-8-18(9-7-16)21-23-22(25-24-21)29-15-20(28)27-12-10-26(11-13-27)19-5-3-4-17(2)14-19/h3-9,14H,10-13,15H2,1-2H3,(H,23,24,25). The Bertz CT molecular complexity index is 977. The molecule has 1 N–H and O–H groups in total. The monoisotopic (exact) mass is 407 g/mol. The number of nitrogens with zero attached hydrogens (tertiary/aromatic N) is 4. The molecule has 1 aliphatic rings. The first-order valence-electron chi connectivity index (χ1n) is 9.80. The van der Waals surface area contributed by atoms with Gasteiger partial charge in [0.15, 0.2) is 5.82 Å². The summed E-state index contributed by atoms with van der Waals surface area (Å²) in [6.07, 6.45) is 0. The molecule has 0 atom stereocenters. The molecule has 0 radical (unpaired) electrons. The largest absolute Gasteiger partial charge is 0.368 e. The molecule has 7 heteroatoms. The molecular weight excluding hydrogens is 382 g/mol. The van der Waals surface area contributed by atoms with Gasteiger partial charge < -0.3 is 9.80 Å². The molecule has 1 fully saturated rings. The second kappa shape index (κ2) is 8.69. The lowest BCUT2D eigenvalue weighted by molar-refractivity contribution is -0.128. The number of nitrogens with one attached hydrogen (secondary N) is 1. The summed E-state index contributed by atoms with van der Waals surface area (Å²) >= 11 is 1.38. The highest BCUT2D eigenvalue weighted by molar-refractivity contribution is 7.99. The van der Waals surface area contributed by atoms with Crippen molar-refractivity contribution in [3.05, 3.63) is 59.7 Å². The zero-order chi connectivity index (χ0) is 20.2. The number of amides is 1. The van der Waals surface area contributed by atoms with Gasteiger partial charge >= 0.3 is 0 Å². The van der Waals surface area contributed by atoms with Crippen molar-refractivity contribution in [2.24, 2.45) is 0 Å². The predicted octanol–water partition coefficient (Wildman–Crippen LogP) is 3.53. The number of hydrogen-bond acceptors (Lipinski definition) is 5. The molecule has 0 unspecified atom stereocenters. The van der Waals surface area contributed by atoms with Crippen LogP contribution in [0.2, 0.25) is 0 Å². The first-order chi connectivity index (χ1) is 14.1. The molecule has 4 rings (SSSR count). The smallest absolute Gasteiger partial charge is 0.233 e. The molecular formula is C22H25N5OS. The molecule has 0 bridgehead atoms. The summed E-state index contributed by atoms with van der Waals surface area (Å²) < 4.78 is 0. The van der Waals surface area contributed by atoms with Crippen LogP contribution in [0.25, 0.3) is 11.4 Å². The quantitative estimate of drug-likeness (QED) is 0.656. The van der Waals surface area contributed by atoms with Crippen molar-refractivity contribution in [1.29, 1.82) is 0 Å². The number of aromatic nitrogens is 3. The summed E-state index contributed by atoms with van der Waals surface area (Å²) in [6.45, 7) is 7.37. The molecule has 150 valence electrons. The van der Waals surface area contributed by atoms with Gasteiger partial charge in [0.2, 0.25) is 11.1 Å². The molecule has 1 aromatic heterocycles. The molecule has 1 aliphatic heterocycles. The average molecular weight is 408 g/mol. The Kier molecular flexibility index (Phi) is 5.85. The fraction of sp³-hybridized carbons (Fsp3) is 0.318. The highest BCUT2D eigenvalue weighted by Crippen LogP contribution is 2.21. The van der Waals surface area contributed by atoms with Gasteiger partial charge in [0.1, 0.15) is 0 Å². The Morgan fingerprint density at radius 2 is 1.79 bits per heavy atom. The van der Waals surface area contributed by atoms with E-state index in [1.54, 1.807) is 0 Å². The van der Waals surface area contributed by atoms with Crippen LogP contribution < -0.4 is 4.90 Å². The normalized spacial score (nSPS) is 14.3. The van der Waals surface area contributed by atoms with E-state index in [2.05, 4.69) is 58.2 Å². The number of aromatic amines is 1. The van der Waals surface area contributed by atoms with Gasteiger partial charge in [-0.25, -0.2) is 4.98 Å². The predicted molar refractivity (Wildman–Crippen MR) is 117 cm³/mol. The number of thioether (sulfide) groups is 1. The van der Waals surface area contributed by atoms with Gasteiger partial charge in [0.05, 0.1) is 5.75 Å². The first kappa shape index (κ1) is 19.5. The maximum absolute atomic E-state index is 12.6. The minimum atomic E-state index is 0.139. The Labute approximate surface area is 175 Å². The van der Waals surface area contributed by atoms with Crippen LogP contribution in [0.5, 0.6) is 0 Å². The molecule has 1 amide bonds. The number of carbonyl (C=O) groups excluding carboxylic acids is 1. The van der Waals surface area contributed by atoms with Crippen LogP contribution in [0.1, 0.15) is 11.1 Å². The molecule has 2 heterocycles. The van der Waals surface area contributed by atoms with E-state index >= 15 is 0 Å². The fourth-order valence-corrected chi connectivity index (χ4v) is 4.11.